The molecule has 146 valence electrons. The monoisotopic (exact) mass is 379 g/mol. The van der Waals surface area contributed by atoms with Crippen molar-refractivity contribution in [2.24, 2.45) is 0 Å². The molecule has 0 fully saturated rings. The number of hydrogen-bond acceptors (Lipinski definition) is 5. The number of carbonyl (C=O) groups is 1. The van der Waals surface area contributed by atoms with Gasteiger partial charge in [-0.3, -0.25) is 4.79 Å². The van der Waals surface area contributed by atoms with Crippen LogP contribution in [0, 0.1) is 27.7 Å². The maximum absolute atomic E-state index is 12.4. The van der Waals surface area contributed by atoms with Crippen molar-refractivity contribution >= 4 is 5.91 Å². The second kappa shape index (κ2) is 8.25. The first-order chi connectivity index (χ1) is 13.3. The third-order valence-electron chi connectivity index (χ3n) is 4.69. The second-order valence-electron chi connectivity index (χ2n) is 7.12. The summed E-state index contributed by atoms with van der Waals surface area (Å²) < 4.78 is 11.0. The van der Waals surface area contributed by atoms with Gasteiger partial charge in [-0.2, -0.15) is 4.98 Å². The van der Waals surface area contributed by atoms with E-state index in [4.69, 9.17) is 9.26 Å². The van der Waals surface area contributed by atoms with Gasteiger partial charge in [0.05, 0.1) is 6.54 Å². The van der Waals surface area contributed by atoms with Gasteiger partial charge in [0.15, 0.2) is 6.61 Å². The Labute approximate surface area is 165 Å². The highest BCUT2D eigenvalue weighted by Crippen LogP contribution is 2.23. The number of amides is 1. The summed E-state index contributed by atoms with van der Waals surface area (Å²) >= 11 is 0. The van der Waals surface area contributed by atoms with Gasteiger partial charge in [0.1, 0.15) is 5.75 Å². The molecule has 28 heavy (non-hydrogen) atoms. The summed E-state index contributed by atoms with van der Waals surface area (Å²) in [4.78, 5) is 18.3. The van der Waals surface area contributed by atoms with Crippen molar-refractivity contribution in [3.05, 3.63) is 64.5 Å². The number of aryl methyl sites for hydroxylation is 3. The fourth-order valence-electron chi connectivity index (χ4n) is 2.83. The summed E-state index contributed by atoms with van der Waals surface area (Å²) in [5.74, 6) is 1.47. The topological polar surface area (TPSA) is 68.5 Å². The second-order valence-corrected chi connectivity index (χ2v) is 7.12. The lowest BCUT2D eigenvalue weighted by atomic mass is 10.1. The van der Waals surface area contributed by atoms with Gasteiger partial charge in [-0.15, -0.1) is 0 Å². The van der Waals surface area contributed by atoms with Crippen molar-refractivity contribution in [1.82, 2.24) is 15.0 Å². The summed E-state index contributed by atoms with van der Waals surface area (Å²) in [6, 6.07) is 11.9. The lowest BCUT2D eigenvalue weighted by Gasteiger charge is -2.17. The number of carbonyl (C=O) groups excluding carboxylic acids is 1. The molecule has 0 saturated heterocycles. The van der Waals surface area contributed by atoms with E-state index in [0.29, 0.717) is 11.7 Å². The van der Waals surface area contributed by atoms with Crippen LogP contribution in [-0.4, -0.2) is 34.6 Å². The molecular formula is C22H25N3O3. The fourth-order valence-corrected chi connectivity index (χ4v) is 2.83. The van der Waals surface area contributed by atoms with Gasteiger partial charge in [-0.25, -0.2) is 0 Å². The van der Waals surface area contributed by atoms with E-state index >= 15 is 0 Å². The standard InChI is InChI=1S/C22H25N3O3/c1-14-6-8-18(9-7-14)22-23-20(28-24-22)12-25(5)21(26)13-27-19-11-15(2)10-16(3)17(19)4/h6-11H,12-13H2,1-5H3. The molecule has 0 aliphatic heterocycles. The average molecular weight is 379 g/mol. The Kier molecular flexibility index (Phi) is 5.78. The molecule has 0 saturated carbocycles. The molecule has 0 atom stereocenters. The molecule has 1 aromatic heterocycles. The third-order valence-corrected chi connectivity index (χ3v) is 4.69. The van der Waals surface area contributed by atoms with Crippen LogP contribution < -0.4 is 4.74 Å². The summed E-state index contributed by atoms with van der Waals surface area (Å²) in [6.45, 7) is 8.24. The smallest absolute Gasteiger partial charge is 0.260 e. The first-order valence-corrected chi connectivity index (χ1v) is 9.17. The van der Waals surface area contributed by atoms with Crippen LogP contribution >= 0.6 is 0 Å². The van der Waals surface area contributed by atoms with Gasteiger partial charge in [-0.05, 0) is 50.5 Å². The van der Waals surface area contributed by atoms with Crippen LogP contribution in [0.2, 0.25) is 0 Å². The molecule has 6 nitrogen and oxygen atoms in total. The minimum atomic E-state index is -0.159. The highest BCUT2D eigenvalue weighted by molar-refractivity contribution is 5.77. The molecule has 1 heterocycles. The number of ether oxygens (including phenoxy) is 1. The molecule has 3 aromatic rings. The van der Waals surface area contributed by atoms with E-state index in [1.54, 1.807) is 7.05 Å². The van der Waals surface area contributed by atoms with Crippen LogP contribution in [0.4, 0.5) is 0 Å². The fraction of sp³-hybridized carbons (Fsp3) is 0.318. The summed E-state index contributed by atoms with van der Waals surface area (Å²) in [7, 11) is 1.69. The Morgan fingerprint density at radius 1 is 1.07 bits per heavy atom. The summed E-state index contributed by atoms with van der Waals surface area (Å²) in [5.41, 5.74) is 5.33. The zero-order valence-electron chi connectivity index (χ0n) is 16.9. The highest BCUT2D eigenvalue weighted by Gasteiger charge is 2.16. The van der Waals surface area contributed by atoms with E-state index in [2.05, 4.69) is 16.2 Å². The lowest BCUT2D eigenvalue weighted by Crippen LogP contribution is -2.31. The van der Waals surface area contributed by atoms with Crippen LogP contribution in [-0.2, 0) is 11.3 Å². The van der Waals surface area contributed by atoms with Gasteiger partial charge in [0, 0.05) is 12.6 Å². The van der Waals surface area contributed by atoms with Crippen molar-refractivity contribution in [3.63, 3.8) is 0 Å². The van der Waals surface area contributed by atoms with E-state index in [-0.39, 0.29) is 19.1 Å². The Bertz CT molecular complexity index is 977. The molecule has 2 aromatic carbocycles. The van der Waals surface area contributed by atoms with Crippen molar-refractivity contribution in [2.45, 2.75) is 34.2 Å². The zero-order chi connectivity index (χ0) is 20.3. The normalized spacial score (nSPS) is 10.8. The van der Waals surface area contributed by atoms with E-state index in [1.165, 1.54) is 4.90 Å². The molecule has 3 rings (SSSR count). The number of likely N-dealkylation sites (N-methyl/N-ethyl adjacent to an activating group) is 1. The highest BCUT2D eigenvalue weighted by atomic mass is 16.5. The maximum Gasteiger partial charge on any atom is 0.260 e. The Morgan fingerprint density at radius 2 is 1.79 bits per heavy atom. The van der Waals surface area contributed by atoms with Crippen LogP contribution in [0.25, 0.3) is 11.4 Å². The SMILES string of the molecule is Cc1ccc(-c2noc(CN(C)C(=O)COc3cc(C)cc(C)c3C)n2)cc1. The zero-order valence-corrected chi connectivity index (χ0v) is 16.9. The maximum atomic E-state index is 12.4. The van der Waals surface area contributed by atoms with Gasteiger partial charge in [-0.1, -0.05) is 41.1 Å². The van der Waals surface area contributed by atoms with Gasteiger partial charge >= 0.3 is 0 Å². The average Bonchev–Trinajstić information content (AvgIpc) is 3.12. The van der Waals surface area contributed by atoms with Gasteiger partial charge < -0.3 is 14.2 Å². The van der Waals surface area contributed by atoms with E-state index in [9.17, 15) is 4.79 Å². The minimum absolute atomic E-state index is 0.0425. The van der Waals surface area contributed by atoms with Crippen LogP contribution in [0.3, 0.4) is 0 Å². The largest absolute Gasteiger partial charge is 0.483 e. The van der Waals surface area contributed by atoms with Gasteiger partial charge in [0.2, 0.25) is 11.7 Å². The number of nitrogens with zero attached hydrogens (tertiary/aromatic N) is 3. The molecule has 0 radical (unpaired) electrons. The third kappa shape index (κ3) is 4.57. The summed E-state index contributed by atoms with van der Waals surface area (Å²) in [5, 5.41) is 4.00. The van der Waals surface area contributed by atoms with Crippen molar-refractivity contribution in [1.29, 1.82) is 0 Å². The predicted octanol–water partition coefficient (Wildman–Crippen LogP) is 4.01. The van der Waals surface area contributed by atoms with Gasteiger partial charge in [0.25, 0.3) is 5.91 Å². The molecule has 0 aliphatic carbocycles. The number of rotatable bonds is 6. The van der Waals surface area contributed by atoms with Crippen LogP contribution in [0.15, 0.2) is 40.9 Å². The molecule has 0 unspecified atom stereocenters. The lowest BCUT2D eigenvalue weighted by molar-refractivity contribution is -0.132. The van der Waals surface area contributed by atoms with E-state index in [1.807, 2.05) is 58.0 Å². The molecule has 0 spiro atoms. The number of hydrogen-bond donors (Lipinski definition) is 0. The first-order valence-electron chi connectivity index (χ1n) is 9.17. The van der Waals surface area contributed by atoms with E-state index in [0.717, 1.165) is 33.6 Å². The Morgan fingerprint density at radius 3 is 2.50 bits per heavy atom. The van der Waals surface area contributed by atoms with Crippen molar-refractivity contribution < 1.29 is 14.1 Å². The van der Waals surface area contributed by atoms with Crippen LogP contribution in [0.5, 0.6) is 5.75 Å². The quantitative estimate of drug-likeness (QED) is 0.647. The Balaban J connectivity index is 1.60. The van der Waals surface area contributed by atoms with E-state index < -0.39 is 0 Å². The number of aromatic nitrogens is 2. The van der Waals surface area contributed by atoms with Crippen molar-refractivity contribution in [2.75, 3.05) is 13.7 Å². The minimum Gasteiger partial charge on any atom is -0.483 e. The molecule has 0 aliphatic rings. The molecule has 1 amide bonds. The molecular weight excluding hydrogens is 354 g/mol. The molecule has 0 N–H and O–H groups in total. The number of benzene rings is 2. The first kappa shape index (κ1) is 19.6. The molecule has 6 heteroatoms. The Hall–Kier alpha value is -3.15. The van der Waals surface area contributed by atoms with Crippen LogP contribution in [0.1, 0.15) is 28.1 Å². The predicted molar refractivity (Wildman–Crippen MR) is 107 cm³/mol. The molecule has 0 bridgehead atoms. The summed E-state index contributed by atoms with van der Waals surface area (Å²) in [6.07, 6.45) is 0. The van der Waals surface area contributed by atoms with Crippen molar-refractivity contribution in [3.8, 4) is 17.1 Å².